The summed E-state index contributed by atoms with van der Waals surface area (Å²) in [6, 6.07) is -1.47. The van der Waals surface area contributed by atoms with Crippen molar-refractivity contribution in [3.8, 4) is 6.01 Å². The number of alkyl halides is 3. The van der Waals surface area contributed by atoms with Gasteiger partial charge in [0.05, 0.1) is 0 Å². The lowest BCUT2D eigenvalue weighted by molar-refractivity contribution is -0.278. The molecule has 0 aliphatic heterocycles. The van der Waals surface area contributed by atoms with E-state index in [4.69, 9.17) is 0 Å². The highest BCUT2D eigenvalue weighted by molar-refractivity contribution is 4.89. The second-order valence-corrected chi connectivity index (χ2v) is 1.70. The van der Waals surface area contributed by atoms with Crippen LogP contribution in [0, 0.1) is 12.2 Å². The van der Waals surface area contributed by atoms with Crippen LogP contribution < -0.4 is 4.74 Å². The predicted octanol–water partition coefficient (Wildman–Crippen LogP) is 1.05. The molecule has 4 nitrogen and oxygen atoms in total. The van der Waals surface area contributed by atoms with Gasteiger partial charge in [-0.1, -0.05) is 0 Å². The van der Waals surface area contributed by atoms with Crippen LogP contribution in [0.3, 0.4) is 0 Å². The standard InChI is InChI=1S/C4F5N3O/c5-1-10-2(6)12-3(11-1)13-4(7,8)9. The van der Waals surface area contributed by atoms with Crippen LogP contribution >= 0.6 is 0 Å². The topological polar surface area (TPSA) is 47.9 Å². The van der Waals surface area contributed by atoms with Crippen molar-refractivity contribution in [3.63, 3.8) is 0 Å². The van der Waals surface area contributed by atoms with Crippen LogP contribution in [-0.2, 0) is 0 Å². The fraction of sp³-hybridized carbons (Fsp3) is 0.250. The lowest BCUT2D eigenvalue weighted by atomic mass is 11.0. The van der Waals surface area contributed by atoms with Crippen molar-refractivity contribution in [2.24, 2.45) is 0 Å². The van der Waals surface area contributed by atoms with E-state index in [1.54, 1.807) is 0 Å². The van der Waals surface area contributed by atoms with Gasteiger partial charge >= 0.3 is 24.5 Å². The summed E-state index contributed by atoms with van der Waals surface area (Å²) in [7, 11) is 0. The Kier molecular flexibility index (Phi) is 2.26. The van der Waals surface area contributed by atoms with Crippen molar-refractivity contribution in [3.05, 3.63) is 12.2 Å². The van der Waals surface area contributed by atoms with Crippen molar-refractivity contribution in [1.82, 2.24) is 15.0 Å². The number of hydrogen-bond acceptors (Lipinski definition) is 4. The zero-order chi connectivity index (χ0) is 10.1. The van der Waals surface area contributed by atoms with Gasteiger partial charge in [0, 0.05) is 0 Å². The molecule has 1 aromatic rings. The van der Waals surface area contributed by atoms with Gasteiger partial charge in [-0.25, -0.2) is 0 Å². The Morgan fingerprint density at radius 3 is 1.77 bits per heavy atom. The Bertz CT molecular complexity index is 293. The Morgan fingerprint density at radius 1 is 0.923 bits per heavy atom. The average Bonchev–Trinajstić information content (AvgIpc) is 1.78. The number of ether oxygens (including phenoxy) is 1. The first-order chi connectivity index (χ1) is 5.87. The molecule has 0 atom stereocenters. The maximum absolute atomic E-state index is 12.1. The van der Waals surface area contributed by atoms with Crippen LogP contribution in [-0.4, -0.2) is 21.3 Å². The molecule has 1 aromatic heterocycles. The summed E-state index contributed by atoms with van der Waals surface area (Å²) < 4.78 is 61.4. The minimum Gasteiger partial charge on any atom is -0.370 e. The van der Waals surface area contributed by atoms with Gasteiger partial charge in [0.2, 0.25) is 0 Å². The van der Waals surface area contributed by atoms with E-state index < -0.39 is 24.5 Å². The fourth-order valence-electron chi connectivity index (χ4n) is 0.458. The Balaban J connectivity index is 2.90. The lowest BCUT2D eigenvalue weighted by Crippen LogP contribution is -2.19. The van der Waals surface area contributed by atoms with Crippen LogP contribution in [0.5, 0.6) is 6.01 Å². The smallest absolute Gasteiger partial charge is 0.370 e. The van der Waals surface area contributed by atoms with E-state index in [1.165, 1.54) is 0 Å². The first kappa shape index (κ1) is 9.55. The van der Waals surface area contributed by atoms with Crippen LogP contribution in [0.25, 0.3) is 0 Å². The average molecular weight is 201 g/mol. The molecular formula is C4F5N3O. The van der Waals surface area contributed by atoms with Crippen molar-refractivity contribution < 1.29 is 26.7 Å². The highest BCUT2D eigenvalue weighted by atomic mass is 19.4. The number of hydrogen-bond donors (Lipinski definition) is 0. The molecule has 0 unspecified atom stereocenters. The molecule has 0 radical (unpaired) electrons. The van der Waals surface area contributed by atoms with E-state index in [1.807, 2.05) is 0 Å². The first-order valence-electron chi connectivity index (χ1n) is 2.69. The third-order valence-corrected chi connectivity index (χ3v) is 0.767. The Morgan fingerprint density at radius 2 is 1.38 bits per heavy atom. The molecule has 0 aromatic carbocycles. The van der Waals surface area contributed by atoms with Gasteiger partial charge in [-0.2, -0.15) is 13.8 Å². The van der Waals surface area contributed by atoms with Crippen molar-refractivity contribution in [2.75, 3.05) is 0 Å². The maximum Gasteiger partial charge on any atom is 0.575 e. The van der Waals surface area contributed by atoms with Gasteiger partial charge < -0.3 is 4.74 Å². The molecule has 9 heteroatoms. The molecule has 0 aliphatic carbocycles. The molecule has 0 aliphatic rings. The van der Waals surface area contributed by atoms with Crippen molar-refractivity contribution >= 4 is 0 Å². The molecule has 0 bridgehead atoms. The zero-order valence-corrected chi connectivity index (χ0v) is 5.64. The molecular weight excluding hydrogens is 201 g/mol. The molecule has 0 spiro atoms. The summed E-state index contributed by atoms with van der Waals surface area (Å²) in [5.74, 6) is 0. The normalized spacial score (nSPS) is 11.5. The number of rotatable bonds is 1. The fourth-order valence-corrected chi connectivity index (χ4v) is 0.458. The number of halogens is 5. The summed E-state index contributed by atoms with van der Waals surface area (Å²) in [5.41, 5.74) is 0. The van der Waals surface area contributed by atoms with Gasteiger partial charge in [-0.05, 0) is 0 Å². The first-order valence-corrected chi connectivity index (χ1v) is 2.69. The summed E-state index contributed by atoms with van der Waals surface area (Å²) in [5, 5.41) is 0. The Labute approximate surface area is 67.4 Å². The minimum absolute atomic E-state index is 1.47. The summed E-state index contributed by atoms with van der Waals surface area (Å²) in [6.07, 6.45) is -8.47. The molecule has 0 saturated heterocycles. The third kappa shape index (κ3) is 3.13. The lowest BCUT2D eigenvalue weighted by Gasteiger charge is -2.05. The van der Waals surface area contributed by atoms with E-state index in [-0.39, 0.29) is 0 Å². The van der Waals surface area contributed by atoms with Crippen molar-refractivity contribution in [2.45, 2.75) is 6.36 Å². The molecule has 13 heavy (non-hydrogen) atoms. The molecule has 72 valence electrons. The second kappa shape index (κ2) is 3.07. The third-order valence-electron chi connectivity index (χ3n) is 0.767. The summed E-state index contributed by atoms with van der Waals surface area (Å²) in [4.78, 5) is 7.26. The van der Waals surface area contributed by atoms with E-state index in [2.05, 4.69) is 19.7 Å². The minimum atomic E-state index is -5.10. The summed E-state index contributed by atoms with van der Waals surface area (Å²) >= 11 is 0. The summed E-state index contributed by atoms with van der Waals surface area (Å²) in [6.45, 7) is 0. The van der Waals surface area contributed by atoms with Crippen LogP contribution in [0.1, 0.15) is 0 Å². The molecule has 0 N–H and O–H groups in total. The van der Waals surface area contributed by atoms with E-state index in [9.17, 15) is 22.0 Å². The quantitative estimate of drug-likeness (QED) is 0.637. The molecule has 1 heterocycles. The van der Waals surface area contributed by atoms with E-state index in [0.717, 1.165) is 0 Å². The largest absolute Gasteiger partial charge is 0.575 e. The zero-order valence-electron chi connectivity index (χ0n) is 5.64. The van der Waals surface area contributed by atoms with Gasteiger partial charge in [-0.15, -0.1) is 23.1 Å². The van der Waals surface area contributed by atoms with Crippen molar-refractivity contribution in [1.29, 1.82) is 0 Å². The Hall–Kier alpha value is -1.54. The molecule has 0 amide bonds. The predicted molar refractivity (Wildman–Crippen MR) is 26.4 cm³/mol. The highest BCUT2D eigenvalue weighted by Crippen LogP contribution is 2.18. The second-order valence-electron chi connectivity index (χ2n) is 1.70. The van der Waals surface area contributed by atoms with Gasteiger partial charge in [0.1, 0.15) is 0 Å². The molecule has 1 rings (SSSR count). The van der Waals surface area contributed by atoms with Crippen LogP contribution in [0.15, 0.2) is 0 Å². The van der Waals surface area contributed by atoms with Gasteiger partial charge in [0.15, 0.2) is 0 Å². The highest BCUT2D eigenvalue weighted by Gasteiger charge is 2.33. The van der Waals surface area contributed by atoms with E-state index in [0.29, 0.717) is 0 Å². The maximum atomic E-state index is 12.1. The monoisotopic (exact) mass is 201 g/mol. The van der Waals surface area contributed by atoms with Gasteiger partial charge in [0.25, 0.3) is 0 Å². The number of nitrogens with zero attached hydrogens (tertiary/aromatic N) is 3. The van der Waals surface area contributed by atoms with Crippen LogP contribution in [0.4, 0.5) is 22.0 Å². The number of aromatic nitrogens is 3. The van der Waals surface area contributed by atoms with Gasteiger partial charge in [-0.3, -0.25) is 0 Å². The SMILES string of the molecule is Fc1nc(F)nc(OC(F)(F)F)n1. The molecule has 0 saturated carbocycles. The van der Waals surface area contributed by atoms with Crippen LogP contribution in [0.2, 0.25) is 0 Å². The van der Waals surface area contributed by atoms with E-state index >= 15 is 0 Å². The molecule has 0 fully saturated rings.